The molecule has 180 valence electrons. The first-order chi connectivity index (χ1) is 15.7. The van der Waals surface area contributed by atoms with Crippen molar-refractivity contribution in [2.75, 3.05) is 6.61 Å². The summed E-state index contributed by atoms with van der Waals surface area (Å²) in [5.74, 6) is 0.450. The third-order valence-corrected chi connectivity index (χ3v) is 6.22. The fraction of sp³-hybridized carbons (Fsp3) is 0.462. The van der Waals surface area contributed by atoms with Crippen molar-refractivity contribution < 1.29 is 14.3 Å². The van der Waals surface area contributed by atoms with Crippen LogP contribution in [0.5, 0.6) is 5.75 Å². The summed E-state index contributed by atoms with van der Waals surface area (Å²) in [6, 6.07) is 12.2. The van der Waals surface area contributed by atoms with Crippen LogP contribution < -0.4 is 10.1 Å². The van der Waals surface area contributed by atoms with E-state index in [9.17, 15) is 9.59 Å². The largest absolute Gasteiger partial charge is 0.483 e. The molecular formula is C26H34Cl2N2O3. The Balaban J connectivity index is 2.30. The van der Waals surface area contributed by atoms with Gasteiger partial charge in [-0.25, -0.2) is 0 Å². The predicted molar refractivity (Wildman–Crippen MR) is 135 cm³/mol. The van der Waals surface area contributed by atoms with Gasteiger partial charge in [0.2, 0.25) is 5.91 Å². The first kappa shape index (κ1) is 27.0. The van der Waals surface area contributed by atoms with Crippen LogP contribution in [-0.4, -0.2) is 35.4 Å². The molecule has 2 aromatic rings. The topological polar surface area (TPSA) is 58.6 Å². The maximum atomic E-state index is 13.4. The Bertz CT molecular complexity index is 949. The van der Waals surface area contributed by atoms with Crippen LogP contribution in [0.15, 0.2) is 42.5 Å². The highest BCUT2D eigenvalue weighted by molar-refractivity contribution is 6.35. The van der Waals surface area contributed by atoms with E-state index < -0.39 is 6.04 Å². The van der Waals surface area contributed by atoms with E-state index in [1.807, 2.05) is 45.0 Å². The molecule has 33 heavy (non-hydrogen) atoms. The number of benzene rings is 2. The van der Waals surface area contributed by atoms with E-state index in [0.717, 1.165) is 12.0 Å². The lowest BCUT2D eigenvalue weighted by Crippen LogP contribution is -2.51. The van der Waals surface area contributed by atoms with E-state index in [1.54, 1.807) is 23.1 Å². The summed E-state index contributed by atoms with van der Waals surface area (Å²) in [5, 5.41) is 3.95. The Hall–Kier alpha value is -2.24. The fourth-order valence-corrected chi connectivity index (χ4v) is 3.97. The summed E-state index contributed by atoms with van der Waals surface area (Å²) in [5.41, 5.74) is 1.74. The standard InChI is InChI=1S/C26H34Cl2N2O3/c1-6-18(5)29-26(32)23(7-2)30(15-19-12-13-20(27)14-22(19)28)25(31)16-33-24-11-9-8-10-21(24)17(3)4/h8-14,17-18,23H,6-7,15-16H2,1-5H3,(H,29,32)/t18-,23+/m0/s1. The molecule has 0 unspecified atom stereocenters. The number of hydrogen-bond donors (Lipinski definition) is 1. The minimum atomic E-state index is -0.651. The van der Waals surface area contributed by atoms with E-state index in [2.05, 4.69) is 19.2 Å². The molecule has 0 spiro atoms. The molecule has 0 bridgehead atoms. The molecule has 0 aromatic heterocycles. The lowest BCUT2D eigenvalue weighted by Gasteiger charge is -2.31. The van der Waals surface area contributed by atoms with E-state index in [-0.39, 0.29) is 36.9 Å². The van der Waals surface area contributed by atoms with Crippen LogP contribution in [0, 0.1) is 0 Å². The number of para-hydroxylation sites is 1. The van der Waals surface area contributed by atoms with Crippen molar-refractivity contribution in [2.24, 2.45) is 0 Å². The normalized spacial score (nSPS) is 12.8. The van der Waals surface area contributed by atoms with Crippen molar-refractivity contribution in [3.63, 3.8) is 0 Å². The number of amides is 2. The molecule has 7 heteroatoms. The molecule has 0 heterocycles. The third kappa shape index (κ3) is 7.65. The number of carbonyl (C=O) groups excluding carboxylic acids is 2. The molecule has 0 saturated carbocycles. The molecule has 0 radical (unpaired) electrons. The van der Waals surface area contributed by atoms with Crippen molar-refractivity contribution in [1.29, 1.82) is 0 Å². The molecule has 1 N–H and O–H groups in total. The number of carbonyl (C=O) groups is 2. The first-order valence-electron chi connectivity index (χ1n) is 11.4. The van der Waals surface area contributed by atoms with Gasteiger partial charge in [0.25, 0.3) is 5.91 Å². The number of rotatable bonds is 11. The number of hydrogen-bond acceptors (Lipinski definition) is 3. The molecular weight excluding hydrogens is 459 g/mol. The molecule has 2 rings (SSSR count). The lowest BCUT2D eigenvalue weighted by atomic mass is 10.0. The zero-order chi connectivity index (χ0) is 24.5. The third-order valence-electron chi connectivity index (χ3n) is 5.63. The van der Waals surface area contributed by atoms with Crippen LogP contribution in [0.25, 0.3) is 0 Å². The molecule has 5 nitrogen and oxygen atoms in total. The molecule has 0 saturated heterocycles. The highest BCUT2D eigenvalue weighted by Gasteiger charge is 2.30. The second-order valence-corrected chi connectivity index (χ2v) is 9.32. The van der Waals surface area contributed by atoms with Crippen LogP contribution in [0.3, 0.4) is 0 Å². The zero-order valence-corrected chi connectivity index (χ0v) is 21.5. The first-order valence-corrected chi connectivity index (χ1v) is 12.2. The summed E-state index contributed by atoms with van der Waals surface area (Å²) in [7, 11) is 0. The molecule has 2 aromatic carbocycles. The maximum absolute atomic E-state index is 13.4. The van der Waals surface area contributed by atoms with E-state index in [0.29, 0.717) is 27.8 Å². The van der Waals surface area contributed by atoms with Gasteiger partial charge in [-0.2, -0.15) is 0 Å². The summed E-state index contributed by atoms with van der Waals surface area (Å²) < 4.78 is 5.93. The molecule has 0 aliphatic carbocycles. The Morgan fingerprint density at radius 3 is 2.33 bits per heavy atom. The summed E-state index contributed by atoms with van der Waals surface area (Å²) in [4.78, 5) is 28.0. The quantitative estimate of drug-likeness (QED) is 0.405. The zero-order valence-electron chi connectivity index (χ0n) is 20.0. The maximum Gasteiger partial charge on any atom is 0.261 e. The van der Waals surface area contributed by atoms with Crippen LogP contribution in [0.1, 0.15) is 64.5 Å². The SMILES string of the molecule is CC[C@H](C(=O)N[C@@H](C)CC)N(Cc1ccc(Cl)cc1Cl)C(=O)COc1ccccc1C(C)C. The second-order valence-electron chi connectivity index (χ2n) is 8.48. The lowest BCUT2D eigenvalue weighted by molar-refractivity contribution is -0.143. The summed E-state index contributed by atoms with van der Waals surface area (Å²) >= 11 is 12.4. The van der Waals surface area contributed by atoms with Crippen molar-refractivity contribution in [2.45, 2.75) is 72.0 Å². The van der Waals surface area contributed by atoms with Gasteiger partial charge in [0.05, 0.1) is 0 Å². The van der Waals surface area contributed by atoms with Crippen LogP contribution in [0.2, 0.25) is 10.0 Å². The number of halogens is 2. The fourth-order valence-electron chi connectivity index (χ4n) is 3.51. The van der Waals surface area contributed by atoms with Gasteiger partial charge in [-0.3, -0.25) is 9.59 Å². The molecule has 0 aliphatic rings. The number of nitrogens with one attached hydrogen (secondary N) is 1. The Morgan fingerprint density at radius 1 is 1.03 bits per heavy atom. The van der Waals surface area contributed by atoms with Gasteiger partial charge in [-0.1, -0.05) is 75.2 Å². The van der Waals surface area contributed by atoms with Crippen molar-refractivity contribution >= 4 is 35.0 Å². The average Bonchev–Trinajstić information content (AvgIpc) is 2.78. The second kappa shape index (κ2) is 12.9. The minimum Gasteiger partial charge on any atom is -0.483 e. The van der Waals surface area contributed by atoms with E-state index in [1.165, 1.54) is 0 Å². The summed E-state index contributed by atoms with van der Waals surface area (Å²) in [6.07, 6.45) is 1.26. The number of ether oxygens (including phenoxy) is 1. The van der Waals surface area contributed by atoms with Crippen LogP contribution in [0.4, 0.5) is 0 Å². The monoisotopic (exact) mass is 492 g/mol. The van der Waals surface area contributed by atoms with Gasteiger partial charge in [0.1, 0.15) is 11.8 Å². The van der Waals surface area contributed by atoms with E-state index in [4.69, 9.17) is 27.9 Å². The highest BCUT2D eigenvalue weighted by atomic mass is 35.5. The minimum absolute atomic E-state index is 0.0109. The molecule has 0 aliphatic heterocycles. The summed E-state index contributed by atoms with van der Waals surface area (Å²) in [6.45, 7) is 9.98. The van der Waals surface area contributed by atoms with Gasteiger partial charge in [-0.15, -0.1) is 0 Å². The Kier molecular flexibility index (Phi) is 10.5. The van der Waals surface area contributed by atoms with E-state index >= 15 is 0 Å². The molecule has 0 fully saturated rings. The average molecular weight is 493 g/mol. The van der Waals surface area contributed by atoms with Crippen LogP contribution in [-0.2, 0) is 16.1 Å². The number of nitrogens with zero attached hydrogens (tertiary/aromatic N) is 1. The van der Waals surface area contributed by atoms with Gasteiger partial charge < -0.3 is 15.0 Å². The van der Waals surface area contributed by atoms with Crippen LogP contribution >= 0.6 is 23.2 Å². The smallest absolute Gasteiger partial charge is 0.261 e. The van der Waals surface area contributed by atoms with Crippen molar-refractivity contribution in [3.8, 4) is 5.75 Å². The Labute approximate surface area is 207 Å². The molecule has 2 amide bonds. The van der Waals surface area contributed by atoms with Crippen molar-refractivity contribution in [1.82, 2.24) is 10.2 Å². The van der Waals surface area contributed by atoms with Gasteiger partial charge in [0, 0.05) is 22.6 Å². The van der Waals surface area contributed by atoms with Gasteiger partial charge in [-0.05, 0) is 55.0 Å². The van der Waals surface area contributed by atoms with Gasteiger partial charge in [0.15, 0.2) is 6.61 Å². The predicted octanol–water partition coefficient (Wildman–Crippen LogP) is 6.22. The van der Waals surface area contributed by atoms with Gasteiger partial charge >= 0.3 is 0 Å². The van der Waals surface area contributed by atoms with Crippen molar-refractivity contribution in [3.05, 3.63) is 63.6 Å². The molecule has 2 atom stereocenters. The highest BCUT2D eigenvalue weighted by Crippen LogP contribution is 2.27. The Morgan fingerprint density at radius 2 is 1.73 bits per heavy atom.